The summed E-state index contributed by atoms with van der Waals surface area (Å²) >= 11 is 0. The summed E-state index contributed by atoms with van der Waals surface area (Å²) in [6, 6.07) is 13.2. The third-order valence-electron chi connectivity index (χ3n) is 5.06. The predicted octanol–water partition coefficient (Wildman–Crippen LogP) is 3.04. The van der Waals surface area contributed by atoms with Gasteiger partial charge in [0, 0.05) is 19.3 Å². The first-order chi connectivity index (χ1) is 13.4. The van der Waals surface area contributed by atoms with Gasteiger partial charge in [-0.2, -0.15) is 0 Å². The molecule has 3 N–H and O–H groups in total. The molecule has 3 rings (SSSR count). The summed E-state index contributed by atoms with van der Waals surface area (Å²) in [5.74, 6) is -1.08. The van der Waals surface area contributed by atoms with Gasteiger partial charge in [-0.15, -0.1) is 0 Å². The van der Waals surface area contributed by atoms with E-state index in [2.05, 4.69) is 10.6 Å². The van der Waals surface area contributed by atoms with Crippen LogP contribution in [0.25, 0.3) is 11.1 Å². The van der Waals surface area contributed by atoms with E-state index in [9.17, 15) is 14.4 Å². The average molecular weight is 381 g/mol. The third kappa shape index (κ3) is 3.98. The molecule has 0 saturated carbocycles. The molecule has 1 fully saturated rings. The molecule has 2 aromatic carbocycles. The van der Waals surface area contributed by atoms with Crippen molar-refractivity contribution in [1.82, 2.24) is 10.2 Å². The van der Waals surface area contributed by atoms with Gasteiger partial charge in [-0.3, -0.25) is 4.79 Å². The van der Waals surface area contributed by atoms with Crippen LogP contribution in [0.2, 0.25) is 0 Å². The zero-order chi connectivity index (χ0) is 20.3. The van der Waals surface area contributed by atoms with Crippen molar-refractivity contribution in [1.29, 1.82) is 0 Å². The second kappa shape index (κ2) is 8.12. The van der Waals surface area contributed by atoms with Crippen molar-refractivity contribution < 1.29 is 19.5 Å². The van der Waals surface area contributed by atoms with Gasteiger partial charge in [-0.05, 0) is 47.7 Å². The molecule has 0 radical (unpaired) electrons. The van der Waals surface area contributed by atoms with E-state index in [1.165, 1.54) is 0 Å². The minimum atomic E-state index is -0.962. The largest absolute Gasteiger partial charge is 0.478 e. The first-order valence-electron chi connectivity index (χ1n) is 9.13. The molecule has 28 heavy (non-hydrogen) atoms. The molecule has 0 bridgehead atoms. The standard InChI is InChI=1S/C21H23N3O4/c1-13-11-12-24(21(28)22-2)18(13)19(25)23-17-9-7-15(8-10-17)14-3-5-16(6-4-14)20(26)27/h3-10,13,18H,11-12H2,1-2H3,(H,22,28)(H,23,25)(H,26,27)/t13-,18-/m1/s1. The van der Waals surface area contributed by atoms with Crippen molar-refractivity contribution in [2.24, 2.45) is 5.92 Å². The fourth-order valence-corrected chi connectivity index (χ4v) is 3.49. The first kappa shape index (κ1) is 19.4. The lowest BCUT2D eigenvalue weighted by molar-refractivity contribution is -0.120. The van der Waals surface area contributed by atoms with E-state index in [1.807, 2.05) is 19.1 Å². The molecule has 1 saturated heterocycles. The minimum Gasteiger partial charge on any atom is -0.478 e. The van der Waals surface area contributed by atoms with E-state index >= 15 is 0 Å². The number of carboxylic acids is 1. The maximum absolute atomic E-state index is 12.7. The molecule has 7 nitrogen and oxygen atoms in total. The highest BCUT2D eigenvalue weighted by molar-refractivity contribution is 5.97. The first-order valence-corrected chi connectivity index (χ1v) is 9.13. The van der Waals surface area contributed by atoms with Crippen LogP contribution in [0.3, 0.4) is 0 Å². The number of anilines is 1. The number of carbonyl (C=O) groups is 3. The van der Waals surface area contributed by atoms with E-state index in [0.717, 1.165) is 17.5 Å². The highest BCUT2D eigenvalue weighted by Gasteiger charge is 2.39. The summed E-state index contributed by atoms with van der Waals surface area (Å²) in [5, 5.41) is 14.4. The van der Waals surface area contributed by atoms with Gasteiger partial charge in [0.15, 0.2) is 0 Å². The molecular weight excluding hydrogens is 358 g/mol. The van der Waals surface area contributed by atoms with Gasteiger partial charge < -0.3 is 20.6 Å². The molecule has 0 aliphatic carbocycles. The Hall–Kier alpha value is -3.35. The molecular formula is C21H23N3O4. The van der Waals surface area contributed by atoms with Crippen molar-refractivity contribution in [2.75, 3.05) is 18.9 Å². The van der Waals surface area contributed by atoms with Gasteiger partial charge in [0.2, 0.25) is 5.91 Å². The zero-order valence-corrected chi connectivity index (χ0v) is 15.8. The SMILES string of the molecule is CNC(=O)N1CC[C@@H](C)[C@@H]1C(=O)Nc1ccc(-c2ccc(C(=O)O)cc2)cc1. The summed E-state index contributed by atoms with van der Waals surface area (Å²) in [6.07, 6.45) is 0.788. The van der Waals surface area contributed by atoms with Gasteiger partial charge in [0.05, 0.1) is 5.56 Å². The second-order valence-corrected chi connectivity index (χ2v) is 6.91. The Labute approximate surface area is 163 Å². The van der Waals surface area contributed by atoms with Gasteiger partial charge in [-0.25, -0.2) is 9.59 Å². The quantitative estimate of drug-likeness (QED) is 0.758. The van der Waals surface area contributed by atoms with Crippen molar-refractivity contribution in [2.45, 2.75) is 19.4 Å². The van der Waals surface area contributed by atoms with Gasteiger partial charge in [0.1, 0.15) is 6.04 Å². The number of carboxylic acid groups (broad SMARTS) is 1. The second-order valence-electron chi connectivity index (χ2n) is 6.91. The Morgan fingerprint density at radius 2 is 1.57 bits per heavy atom. The van der Waals surface area contributed by atoms with Crippen LogP contribution >= 0.6 is 0 Å². The topological polar surface area (TPSA) is 98.7 Å². The summed E-state index contributed by atoms with van der Waals surface area (Å²) < 4.78 is 0. The molecule has 0 unspecified atom stereocenters. The number of carbonyl (C=O) groups excluding carboxylic acids is 2. The molecule has 0 aromatic heterocycles. The van der Waals surface area contributed by atoms with E-state index in [-0.39, 0.29) is 23.4 Å². The maximum Gasteiger partial charge on any atom is 0.335 e. The minimum absolute atomic E-state index is 0.0873. The molecule has 2 aromatic rings. The fourth-order valence-electron chi connectivity index (χ4n) is 3.49. The molecule has 1 aliphatic heterocycles. The molecule has 3 amide bonds. The van der Waals surface area contributed by atoms with E-state index < -0.39 is 12.0 Å². The number of amides is 3. The van der Waals surface area contributed by atoms with Crippen LogP contribution in [0, 0.1) is 5.92 Å². The fraction of sp³-hybridized carbons (Fsp3) is 0.286. The van der Waals surface area contributed by atoms with Crippen LogP contribution in [-0.2, 0) is 4.79 Å². The van der Waals surface area contributed by atoms with Gasteiger partial charge in [0.25, 0.3) is 0 Å². The summed E-state index contributed by atoms with van der Waals surface area (Å²) in [6.45, 7) is 2.53. The van der Waals surface area contributed by atoms with Gasteiger partial charge in [-0.1, -0.05) is 31.2 Å². The Morgan fingerprint density at radius 1 is 1.00 bits per heavy atom. The number of hydrogen-bond donors (Lipinski definition) is 3. The van der Waals surface area contributed by atoms with E-state index in [4.69, 9.17) is 5.11 Å². The number of urea groups is 1. The predicted molar refractivity (Wildman–Crippen MR) is 106 cm³/mol. The molecule has 146 valence electrons. The van der Waals surface area contributed by atoms with Crippen molar-refractivity contribution >= 4 is 23.6 Å². The summed E-state index contributed by atoms with van der Waals surface area (Å²) in [4.78, 5) is 37.2. The molecule has 1 aliphatic rings. The summed E-state index contributed by atoms with van der Waals surface area (Å²) in [5.41, 5.74) is 2.68. The number of nitrogens with one attached hydrogen (secondary N) is 2. The highest BCUT2D eigenvalue weighted by atomic mass is 16.4. The maximum atomic E-state index is 12.7. The molecule has 7 heteroatoms. The van der Waals surface area contributed by atoms with Crippen LogP contribution in [0.5, 0.6) is 0 Å². The smallest absolute Gasteiger partial charge is 0.335 e. The number of nitrogens with zero attached hydrogens (tertiary/aromatic N) is 1. The Morgan fingerprint density at radius 3 is 2.11 bits per heavy atom. The van der Waals surface area contributed by atoms with Crippen LogP contribution in [-0.4, -0.2) is 47.5 Å². The lowest BCUT2D eigenvalue weighted by atomic mass is 10.0. The van der Waals surface area contributed by atoms with Crippen LogP contribution in [0.1, 0.15) is 23.7 Å². The zero-order valence-electron chi connectivity index (χ0n) is 15.8. The normalized spacial score (nSPS) is 18.6. The van der Waals surface area contributed by atoms with Crippen LogP contribution in [0.4, 0.5) is 10.5 Å². The summed E-state index contributed by atoms with van der Waals surface area (Å²) in [7, 11) is 1.56. The monoisotopic (exact) mass is 381 g/mol. The number of aromatic carboxylic acids is 1. The lowest BCUT2D eigenvalue weighted by Gasteiger charge is -2.25. The average Bonchev–Trinajstić information content (AvgIpc) is 3.09. The molecule has 0 spiro atoms. The number of likely N-dealkylation sites (tertiary alicyclic amines) is 1. The molecule has 2 atom stereocenters. The van der Waals surface area contributed by atoms with Gasteiger partial charge >= 0.3 is 12.0 Å². The highest BCUT2D eigenvalue weighted by Crippen LogP contribution is 2.26. The van der Waals surface area contributed by atoms with Crippen molar-refractivity contribution in [3.63, 3.8) is 0 Å². The van der Waals surface area contributed by atoms with E-state index in [1.54, 1.807) is 48.3 Å². The Bertz CT molecular complexity index is 878. The van der Waals surface area contributed by atoms with Crippen molar-refractivity contribution in [3.8, 4) is 11.1 Å². The van der Waals surface area contributed by atoms with Crippen LogP contribution < -0.4 is 10.6 Å². The Kier molecular flexibility index (Phi) is 5.63. The van der Waals surface area contributed by atoms with E-state index in [0.29, 0.717) is 12.2 Å². The molecule has 1 heterocycles. The number of rotatable bonds is 4. The number of hydrogen-bond acceptors (Lipinski definition) is 3. The number of benzene rings is 2. The van der Waals surface area contributed by atoms with Crippen molar-refractivity contribution in [3.05, 3.63) is 54.1 Å². The lowest BCUT2D eigenvalue weighted by Crippen LogP contribution is -2.48. The van der Waals surface area contributed by atoms with Crippen LogP contribution in [0.15, 0.2) is 48.5 Å². The third-order valence-corrected chi connectivity index (χ3v) is 5.06. The Balaban J connectivity index is 1.70.